The molecule has 0 radical (unpaired) electrons. The molecule has 0 saturated heterocycles. The van der Waals surface area contributed by atoms with Crippen LogP contribution in [0.1, 0.15) is 39.0 Å². The van der Waals surface area contributed by atoms with Gasteiger partial charge in [0.1, 0.15) is 0 Å². The van der Waals surface area contributed by atoms with E-state index in [-0.39, 0.29) is 11.2 Å². The van der Waals surface area contributed by atoms with Gasteiger partial charge in [0.2, 0.25) is 9.05 Å². The molecule has 0 aromatic heterocycles. The van der Waals surface area contributed by atoms with Crippen LogP contribution in [0.2, 0.25) is 0 Å². The molecule has 0 spiro atoms. The first-order valence-corrected chi connectivity index (χ1v) is 9.03. The molecule has 0 atom stereocenters. The molecule has 1 aliphatic rings. The second kappa shape index (κ2) is 7.68. The lowest BCUT2D eigenvalue weighted by Crippen LogP contribution is -2.31. The fraction of sp³-hybridized carbons (Fsp3) is 1.00. The summed E-state index contributed by atoms with van der Waals surface area (Å²) in [7, 11) is 1.92. The van der Waals surface area contributed by atoms with Crippen LogP contribution in [0.15, 0.2) is 0 Å². The van der Waals surface area contributed by atoms with Crippen LogP contribution < -0.4 is 0 Å². The fourth-order valence-corrected chi connectivity index (χ4v) is 4.27. The molecular formula is C12H23ClO4S. The maximum Gasteiger partial charge on any atom is 0.233 e. The van der Waals surface area contributed by atoms with E-state index in [1.807, 2.05) is 0 Å². The molecule has 1 aliphatic carbocycles. The average molecular weight is 299 g/mol. The highest BCUT2D eigenvalue weighted by Gasteiger charge is 2.38. The van der Waals surface area contributed by atoms with Crippen molar-refractivity contribution in [1.82, 2.24) is 0 Å². The first-order valence-electron chi connectivity index (χ1n) is 6.55. The van der Waals surface area contributed by atoms with E-state index in [2.05, 4.69) is 6.92 Å². The summed E-state index contributed by atoms with van der Waals surface area (Å²) >= 11 is 0. The van der Waals surface area contributed by atoms with Crippen LogP contribution in [0.25, 0.3) is 0 Å². The lowest BCUT2D eigenvalue weighted by Gasteiger charge is -2.27. The van der Waals surface area contributed by atoms with Gasteiger partial charge >= 0.3 is 0 Å². The van der Waals surface area contributed by atoms with Crippen LogP contribution in [-0.4, -0.2) is 40.6 Å². The van der Waals surface area contributed by atoms with E-state index in [1.165, 1.54) is 0 Å². The molecular weight excluding hydrogens is 276 g/mol. The monoisotopic (exact) mass is 298 g/mol. The Morgan fingerprint density at radius 3 is 2.28 bits per heavy atom. The summed E-state index contributed by atoms with van der Waals surface area (Å²) in [5, 5.41) is 0. The Labute approximate surface area is 114 Å². The number of rotatable bonds is 9. The van der Waals surface area contributed by atoms with Crippen molar-refractivity contribution in [3.8, 4) is 0 Å². The van der Waals surface area contributed by atoms with Crippen molar-refractivity contribution < 1.29 is 17.9 Å². The van der Waals surface area contributed by atoms with Crippen molar-refractivity contribution in [2.24, 2.45) is 5.41 Å². The highest BCUT2D eigenvalue weighted by molar-refractivity contribution is 8.13. The minimum atomic E-state index is -3.46. The Morgan fingerprint density at radius 2 is 1.72 bits per heavy atom. The quantitative estimate of drug-likeness (QED) is 0.485. The van der Waals surface area contributed by atoms with E-state index in [4.69, 9.17) is 20.2 Å². The largest absolute Gasteiger partial charge is 0.379 e. The van der Waals surface area contributed by atoms with Gasteiger partial charge in [0.25, 0.3) is 0 Å². The molecule has 0 aliphatic heterocycles. The summed E-state index contributed by atoms with van der Waals surface area (Å²) in [6.07, 6.45) is 4.88. The molecule has 108 valence electrons. The molecule has 0 heterocycles. The highest BCUT2D eigenvalue weighted by atomic mass is 35.7. The van der Waals surface area contributed by atoms with Crippen LogP contribution in [0.3, 0.4) is 0 Å². The van der Waals surface area contributed by atoms with Crippen LogP contribution in [0, 0.1) is 5.41 Å². The minimum absolute atomic E-state index is 0.0252. The first-order chi connectivity index (χ1) is 8.47. The lowest BCUT2D eigenvalue weighted by molar-refractivity contribution is 0.0128. The summed E-state index contributed by atoms with van der Waals surface area (Å²) < 4.78 is 33.4. The van der Waals surface area contributed by atoms with Crippen LogP contribution in [0.5, 0.6) is 0 Å². The normalized spacial score (nSPS) is 19.2. The lowest BCUT2D eigenvalue weighted by atomic mass is 9.90. The zero-order valence-corrected chi connectivity index (χ0v) is 12.6. The Kier molecular flexibility index (Phi) is 6.92. The van der Waals surface area contributed by atoms with Crippen molar-refractivity contribution in [2.75, 3.05) is 32.2 Å². The molecule has 0 unspecified atom stereocenters. The Bertz CT molecular complexity index is 323. The van der Waals surface area contributed by atoms with Gasteiger partial charge in [-0.25, -0.2) is 8.42 Å². The van der Waals surface area contributed by atoms with Gasteiger partial charge in [-0.2, -0.15) is 0 Å². The molecule has 1 saturated carbocycles. The van der Waals surface area contributed by atoms with E-state index in [0.29, 0.717) is 19.8 Å². The molecule has 0 N–H and O–H groups in total. The summed E-state index contributed by atoms with van der Waals surface area (Å²) in [4.78, 5) is 0. The second-order valence-corrected chi connectivity index (χ2v) is 7.83. The van der Waals surface area contributed by atoms with Crippen LogP contribution >= 0.6 is 10.7 Å². The van der Waals surface area contributed by atoms with Gasteiger partial charge < -0.3 is 9.47 Å². The predicted molar refractivity (Wildman–Crippen MR) is 72.5 cm³/mol. The third-order valence-electron chi connectivity index (χ3n) is 3.27. The highest BCUT2D eigenvalue weighted by Crippen LogP contribution is 2.40. The Balaban J connectivity index is 2.30. The third-order valence-corrected chi connectivity index (χ3v) is 4.56. The average Bonchev–Trinajstić information content (AvgIpc) is 2.69. The standard InChI is InChI=1S/C12H23ClO4S/c1-2-7-16-8-9-17-10-12(5-3-4-6-12)11-18(13,14)15/h2-11H2,1H3. The smallest absolute Gasteiger partial charge is 0.233 e. The van der Waals surface area contributed by atoms with Crippen molar-refractivity contribution in [3.63, 3.8) is 0 Å². The van der Waals surface area contributed by atoms with Gasteiger partial charge in [-0.3, -0.25) is 0 Å². The third kappa shape index (κ3) is 6.36. The van der Waals surface area contributed by atoms with E-state index in [9.17, 15) is 8.42 Å². The Morgan fingerprint density at radius 1 is 1.11 bits per heavy atom. The summed E-state index contributed by atoms with van der Waals surface area (Å²) in [6, 6.07) is 0. The summed E-state index contributed by atoms with van der Waals surface area (Å²) in [6.45, 7) is 4.35. The molecule has 0 aromatic carbocycles. The Hall–Kier alpha value is 0.160. The molecule has 0 amide bonds. The van der Waals surface area contributed by atoms with Crippen molar-refractivity contribution >= 4 is 19.7 Å². The van der Waals surface area contributed by atoms with Crippen LogP contribution in [0.4, 0.5) is 0 Å². The van der Waals surface area contributed by atoms with Gasteiger partial charge in [0.05, 0.1) is 25.6 Å². The zero-order valence-electron chi connectivity index (χ0n) is 11.0. The second-order valence-electron chi connectivity index (χ2n) is 5.06. The molecule has 0 aromatic rings. The van der Waals surface area contributed by atoms with Gasteiger partial charge in [-0.05, 0) is 19.3 Å². The maximum absolute atomic E-state index is 11.3. The fourth-order valence-electron chi connectivity index (χ4n) is 2.47. The van der Waals surface area contributed by atoms with Gasteiger partial charge in [0, 0.05) is 22.7 Å². The molecule has 6 heteroatoms. The topological polar surface area (TPSA) is 52.6 Å². The molecule has 18 heavy (non-hydrogen) atoms. The summed E-state index contributed by atoms with van der Waals surface area (Å²) in [5.41, 5.74) is -0.272. The van der Waals surface area contributed by atoms with Gasteiger partial charge in [0.15, 0.2) is 0 Å². The first kappa shape index (κ1) is 16.2. The molecule has 1 fully saturated rings. The zero-order chi connectivity index (χ0) is 13.5. The van der Waals surface area contributed by atoms with E-state index >= 15 is 0 Å². The van der Waals surface area contributed by atoms with Crippen molar-refractivity contribution in [1.29, 1.82) is 0 Å². The molecule has 1 rings (SSSR count). The van der Waals surface area contributed by atoms with Gasteiger partial charge in [-0.1, -0.05) is 19.8 Å². The summed E-state index contributed by atoms with van der Waals surface area (Å²) in [5.74, 6) is 0.0252. The van der Waals surface area contributed by atoms with Gasteiger partial charge in [-0.15, -0.1) is 0 Å². The number of halogens is 1. The van der Waals surface area contributed by atoms with E-state index < -0.39 is 9.05 Å². The number of hydrogen-bond donors (Lipinski definition) is 0. The minimum Gasteiger partial charge on any atom is -0.379 e. The van der Waals surface area contributed by atoms with E-state index in [1.54, 1.807) is 0 Å². The maximum atomic E-state index is 11.3. The van der Waals surface area contributed by atoms with E-state index in [0.717, 1.165) is 38.7 Å². The molecule has 4 nitrogen and oxygen atoms in total. The predicted octanol–water partition coefficient (Wildman–Crippen LogP) is 2.56. The van der Waals surface area contributed by atoms with Crippen molar-refractivity contribution in [2.45, 2.75) is 39.0 Å². The SMILES string of the molecule is CCCOCCOCC1(CS(=O)(=O)Cl)CCCC1. The number of hydrogen-bond acceptors (Lipinski definition) is 4. The van der Waals surface area contributed by atoms with Crippen LogP contribution in [-0.2, 0) is 18.5 Å². The number of ether oxygens (including phenoxy) is 2. The van der Waals surface area contributed by atoms with Crippen molar-refractivity contribution in [3.05, 3.63) is 0 Å². The molecule has 0 bridgehead atoms.